The van der Waals surface area contributed by atoms with E-state index in [1.165, 1.54) is 12.1 Å². The van der Waals surface area contributed by atoms with Gasteiger partial charge in [0.1, 0.15) is 5.82 Å². The van der Waals surface area contributed by atoms with E-state index in [1.54, 1.807) is 12.1 Å². The molecule has 1 aromatic rings. The first-order chi connectivity index (χ1) is 5.91. The molecular formula is C11H16FN. The number of hydrogen-bond acceptors (Lipinski definition) is 1. The van der Waals surface area contributed by atoms with Gasteiger partial charge < -0.3 is 5.73 Å². The normalized spacial score (nSPS) is 14.2. The van der Waals surface area contributed by atoms with Gasteiger partial charge in [-0.25, -0.2) is 4.39 Å². The van der Waals surface area contributed by atoms with Crippen molar-refractivity contribution in [2.75, 3.05) is 0 Å². The number of hydrogen-bond donors (Lipinski definition) is 1. The van der Waals surface area contributed by atoms with E-state index in [2.05, 4.69) is 20.8 Å². The maximum atomic E-state index is 12.6. The van der Waals surface area contributed by atoms with Crippen molar-refractivity contribution in [1.82, 2.24) is 0 Å². The Morgan fingerprint density at radius 3 is 2.00 bits per heavy atom. The Hall–Kier alpha value is -0.890. The smallest absolute Gasteiger partial charge is 0.123 e. The van der Waals surface area contributed by atoms with Gasteiger partial charge in [-0.2, -0.15) is 0 Å². The van der Waals surface area contributed by atoms with E-state index in [9.17, 15) is 4.39 Å². The van der Waals surface area contributed by atoms with Crippen LogP contribution >= 0.6 is 0 Å². The summed E-state index contributed by atoms with van der Waals surface area (Å²) < 4.78 is 12.6. The van der Waals surface area contributed by atoms with Gasteiger partial charge in [0.2, 0.25) is 0 Å². The fraction of sp³-hybridized carbons (Fsp3) is 0.455. The van der Waals surface area contributed by atoms with E-state index in [4.69, 9.17) is 5.73 Å². The van der Waals surface area contributed by atoms with Gasteiger partial charge in [0.05, 0.1) is 0 Å². The second-order valence-electron chi connectivity index (χ2n) is 4.40. The maximum Gasteiger partial charge on any atom is 0.123 e. The van der Waals surface area contributed by atoms with Gasteiger partial charge in [0, 0.05) is 6.04 Å². The van der Waals surface area contributed by atoms with Crippen molar-refractivity contribution in [2.24, 2.45) is 11.1 Å². The molecule has 0 aliphatic heterocycles. The Bertz CT molecular complexity index is 271. The molecule has 0 radical (unpaired) electrons. The molecule has 1 aromatic carbocycles. The molecule has 0 fully saturated rings. The molecule has 0 saturated heterocycles. The standard InChI is InChI=1S/C11H16FN/c1-11(2,3)10(13)8-4-6-9(12)7-5-8/h4-7,10H,13H2,1-3H3/t10-/m1/s1. The quantitative estimate of drug-likeness (QED) is 0.708. The highest BCUT2D eigenvalue weighted by Gasteiger charge is 2.21. The molecule has 0 aromatic heterocycles. The molecule has 1 atom stereocenters. The molecule has 0 amide bonds. The van der Waals surface area contributed by atoms with Crippen molar-refractivity contribution < 1.29 is 4.39 Å². The Balaban J connectivity index is 2.90. The van der Waals surface area contributed by atoms with E-state index in [-0.39, 0.29) is 17.3 Å². The van der Waals surface area contributed by atoms with Crippen LogP contribution in [-0.4, -0.2) is 0 Å². The molecule has 1 rings (SSSR count). The van der Waals surface area contributed by atoms with Gasteiger partial charge >= 0.3 is 0 Å². The topological polar surface area (TPSA) is 26.0 Å². The second-order valence-corrected chi connectivity index (χ2v) is 4.40. The molecule has 0 saturated carbocycles. The van der Waals surface area contributed by atoms with Crippen LogP contribution in [0.2, 0.25) is 0 Å². The van der Waals surface area contributed by atoms with Crippen molar-refractivity contribution >= 4 is 0 Å². The lowest BCUT2D eigenvalue weighted by molar-refractivity contribution is 0.327. The third-order valence-corrected chi connectivity index (χ3v) is 2.16. The van der Waals surface area contributed by atoms with Crippen LogP contribution in [0.3, 0.4) is 0 Å². The minimum Gasteiger partial charge on any atom is -0.324 e. The van der Waals surface area contributed by atoms with Crippen LogP contribution in [0, 0.1) is 11.2 Å². The van der Waals surface area contributed by atoms with Crippen molar-refractivity contribution in [1.29, 1.82) is 0 Å². The molecule has 1 nitrogen and oxygen atoms in total. The predicted octanol–water partition coefficient (Wildman–Crippen LogP) is 2.87. The molecule has 0 heterocycles. The van der Waals surface area contributed by atoms with Crippen LogP contribution in [0.25, 0.3) is 0 Å². The highest BCUT2D eigenvalue weighted by Crippen LogP contribution is 2.30. The first-order valence-corrected chi connectivity index (χ1v) is 4.42. The van der Waals surface area contributed by atoms with Crippen LogP contribution in [0.1, 0.15) is 32.4 Å². The Labute approximate surface area is 78.8 Å². The molecule has 0 spiro atoms. The Morgan fingerprint density at radius 2 is 1.62 bits per heavy atom. The van der Waals surface area contributed by atoms with Crippen LogP contribution < -0.4 is 5.73 Å². The molecule has 13 heavy (non-hydrogen) atoms. The number of benzene rings is 1. The molecule has 0 unspecified atom stereocenters. The highest BCUT2D eigenvalue weighted by atomic mass is 19.1. The molecule has 2 heteroatoms. The first kappa shape index (κ1) is 10.2. The Morgan fingerprint density at radius 1 is 1.15 bits per heavy atom. The van der Waals surface area contributed by atoms with Gasteiger partial charge in [-0.3, -0.25) is 0 Å². The lowest BCUT2D eigenvalue weighted by Crippen LogP contribution is -2.26. The van der Waals surface area contributed by atoms with Gasteiger partial charge in [-0.15, -0.1) is 0 Å². The van der Waals surface area contributed by atoms with Gasteiger partial charge in [0.25, 0.3) is 0 Å². The second kappa shape index (κ2) is 3.46. The van der Waals surface area contributed by atoms with E-state index in [0.29, 0.717) is 0 Å². The predicted molar refractivity (Wildman–Crippen MR) is 52.8 cm³/mol. The molecule has 0 bridgehead atoms. The fourth-order valence-electron chi connectivity index (χ4n) is 1.17. The summed E-state index contributed by atoms with van der Waals surface area (Å²) in [6.45, 7) is 6.21. The lowest BCUT2D eigenvalue weighted by atomic mass is 9.83. The van der Waals surface area contributed by atoms with Crippen molar-refractivity contribution in [3.05, 3.63) is 35.6 Å². The molecule has 0 aliphatic carbocycles. The lowest BCUT2D eigenvalue weighted by Gasteiger charge is -2.27. The number of rotatable bonds is 1. The Kier molecular flexibility index (Phi) is 2.71. The molecule has 2 N–H and O–H groups in total. The van der Waals surface area contributed by atoms with E-state index in [0.717, 1.165) is 5.56 Å². The summed E-state index contributed by atoms with van der Waals surface area (Å²) in [5.74, 6) is -0.218. The van der Waals surface area contributed by atoms with E-state index < -0.39 is 0 Å². The average Bonchev–Trinajstić information content (AvgIpc) is 2.03. The average molecular weight is 181 g/mol. The summed E-state index contributed by atoms with van der Waals surface area (Å²) in [5.41, 5.74) is 6.99. The summed E-state index contributed by atoms with van der Waals surface area (Å²) >= 11 is 0. The summed E-state index contributed by atoms with van der Waals surface area (Å²) in [6.07, 6.45) is 0. The molecule has 72 valence electrons. The summed E-state index contributed by atoms with van der Waals surface area (Å²) in [5, 5.41) is 0. The third kappa shape index (κ3) is 2.52. The third-order valence-electron chi connectivity index (χ3n) is 2.16. The van der Waals surface area contributed by atoms with Gasteiger partial charge in [-0.05, 0) is 23.1 Å². The summed E-state index contributed by atoms with van der Waals surface area (Å²) in [4.78, 5) is 0. The molecule has 0 aliphatic rings. The fourth-order valence-corrected chi connectivity index (χ4v) is 1.17. The zero-order valence-corrected chi connectivity index (χ0v) is 8.34. The minimum atomic E-state index is -0.218. The SMILES string of the molecule is CC(C)(C)[C@H](N)c1ccc(F)cc1. The molecular weight excluding hydrogens is 165 g/mol. The van der Waals surface area contributed by atoms with Crippen molar-refractivity contribution in [2.45, 2.75) is 26.8 Å². The van der Waals surface area contributed by atoms with Crippen LogP contribution in [0.5, 0.6) is 0 Å². The first-order valence-electron chi connectivity index (χ1n) is 4.42. The van der Waals surface area contributed by atoms with Crippen molar-refractivity contribution in [3.8, 4) is 0 Å². The zero-order valence-electron chi connectivity index (χ0n) is 8.34. The number of nitrogens with two attached hydrogens (primary N) is 1. The van der Waals surface area contributed by atoms with Gasteiger partial charge in [-0.1, -0.05) is 32.9 Å². The zero-order chi connectivity index (χ0) is 10.1. The highest BCUT2D eigenvalue weighted by molar-refractivity contribution is 5.20. The van der Waals surface area contributed by atoms with Gasteiger partial charge in [0.15, 0.2) is 0 Å². The summed E-state index contributed by atoms with van der Waals surface area (Å²) in [7, 11) is 0. The summed E-state index contributed by atoms with van der Waals surface area (Å²) in [6, 6.07) is 6.33. The van der Waals surface area contributed by atoms with Crippen LogP contribution in [0.15, 0.2) is 24.3 Å². The number of halogens is 1. The largest absolute Gasteiger partial charge is 0.324 e. The minimum absolute atomic E-state index is 0.0117. The van der Waals surface area contributed by atoms with Crippen LogP contribution in [-0.2, 0) is 0 Å². The van der Waals surface area contributed by atoms with E-state index in [1.807, 2.05) is 0 Å². The van der Waals surface area contributed by atoms with Crippen molar-refractivity contribution in [3.63, 3.8) is 0 Å². The van der Waals surface area contributed by atoms with E-state index >= 15 is 0 Å². The van der Waals surface area contributed by atoms with Crippen LogP contribution in [0.4, 0.5) is 4.39 Å². The monoisotopic (exact) mass is 181 g/mol. The maximum absolute atomic E-state index is 12.6.